The van der Waals surface area contributed by atoms with E-state index in [-0.39, 0.29) is 0 Å². The van der Waals surface area contributed by atoms with Gasteiger partial charge >= 0.3 is 0 Å². The number of benzene rings is 2. The van der Waals surface area contributed by atoms with Crippen LogP contribution < -0.4 is 10.6 Å². The standard InChI is InChI=1S/C22H20N6/c1-16-14-22(28-27-16)26-21-15-20(23-18-10-6-3-7-11-18)24-19(25-21)13-12-17-8-4-2-5-9-17/h2-15H,1H3,(H3,23,24,25,26,27,28). The average molecular weight is 368 g/mol. The van der Waals surface area contributed by atoms with Crippen LogP contribution in [-0.2, 0) is 0 Å². The summed E-state index contributed by atoms with van der Waals surface area (Å²) in [5, 5.41) is 13.7. The van der Waals surface area contributed by atoms with Crippen molar-refractivity contribution in [1.29, 1.82) is 0 Å². The predicted molar refractivity (Wildman–Crippen MR) is 114 cm³/mol. The lowest BCUT2D eigenvalue weighted by Crippen LogP contribution is -2.01. The van der Waals surface area contributed by atoms with E-state index in [1.54, 1.807) is 0 Å². The molecule has 2 aromatic heterocycles. The molecule has 0 aliphatic rings. The minimum absolute atomic E-state index is 0.597. The topological polar surface area (TPSA) is 78.5 Å². The maximum Gasteiger partial charge on any atom is 0.156 e. The maximum absolute atomic E-state index is 4.61. The van der Waals surface area contributed by atoms with Gasteiger partial charge in [-0.15, -0.1) is 0 Å². The molecular weight excluding hydrogens is 348 g/mol. The van der Waals surface area contributed by atoms with Crippen LogP contribution in [0.15, 0.2) is 72.8 Å². The molecule has 6 heteroatoms. The molecule has 0 aliphatic carbocycles. The molecule has 0 saturated heterocycles. The third-order valence-corrected chi connectivity index (χ3v) is 3.98. The SMILES string of the molecule is Cc1cc(Nc2cc(Nc3ccccc3)nc(C=Cc3ccccc3)n2)n[nH]1. The van der Waals surface area contributed by atoms with Gasteiger partial charge in [0.15, 0.2) is 11.6 Å². The number of rotatable bonds is 6. The Bertz CT molecular complexity index is 1070. The Morgan fingerprint density at radius 2 is 1.43 bits per heavy atom. The summed E-state index contributed by atoms with van der Waals surface area (Å²) < 4.78 is 0. The fourth-order valence-electron chi connectivity index (χ4n) is 2.69. The lowest BCUT2D eigenvalue weighted by Gasteiger charge is -2.09. The highest BCUT2D eigenvalue weighted by Crippen LogP contribution is 2.20. The van der Waals surface area contributed by atoms with Crippen molar-refractivity contribution in [3.05, 3.63) is 89.9 Å². The Labute approximate surface area is 163 Å². The monoisotopic (exact) mass is 368 g/mol. The number of aromatic nitrogens is 4. The highest BCUT2D eigenvalue weighted by molar-refractivity contribution is 5.69. The highest BCUT2D eigenvalue weighted by Gasteiger charge is 2.06. The summed E-state index contributed by atoms with van der Waals surface area (Å²) in [4.78, 5) is 9.21. The summed E-state index contributed by atoms with van der Waals surface area (Å²) in [6.45, 7) is 1.95. The highest BCUT2D eigenvalue weighted by atomic mass is 15.2. The number of para-hydroxylation sites is 1. The molecule has 138 valence electrons. The van der Waals surface area contributed by atoms with E-state index < -0.39 is 0 Å². The van der Waals surface area contributed by atoms with Crippen molar-refractivity contribution in [2.45, 2.75) is 6.92 Å². The Kier molecular flexibility index (Phi) is 5.11. The van der Waals surface area contributed by atoms with Gasteiger partial charge < -0.3 is 10.6 Å². The van der Waals surface area contributed by atoms with Gasteiger partial charge in [0.05, 0.1) is 0 Å². The van der Waals surface area contributed by atoms with E-state index in [2.05, 4.69) is 30.8 Å². The van der Waals surface area contributed by atoms with Gasteiger partial charge in [-0.3, -0.25) is 5.10 Å². The van der Waals surface area contributed by atoms with Crippen molar-refractivity contribution in [3.8, 4) is 0 Å². The molecule has 0 saturated carbocycles. The van der Waals surface area contributed by atoms with E-state index in [1.807, 2.05) is 91.9 Å². The number of aromatic amines is 1. The fraction of sp³-hybridized carbons (Fsp3) is 0.0455. The Hall–Kier alpha value is -3.93. The number of hydrogen-bond donors (Lipinski definition) is 3. The van der Waals surface area contributed by atoms with Crippen molar-refractivity contribution >= 4 is 35.3 Å². The molecule has 0 aliphatic heterocycles. The first kappa shape index (κ1) is 17.5. The third-order valence-electron chi connectivity index (χ3n) is 3.98. The van der Waals surface area contributed by atoms with E-state index in [0.29, 0.717) is 23.3 Å². The Morgan fingerprint density at radius 3 is 2.11 bits per heavy atom. The Balaban J connectivity index is 1.64. The molecule has 0 bridgehead atoms. The first-order valence-corrected chi connectivity index (χ1v) is 8.98. The number of aryl methyl sites for hydroxylation is 1. The molecule has 3 N–H and O–H groups in total. The zero-order chi connectivity index (χ0) is 19.2. The zero-order valence-corrected chi connectivity index (χ0v) is 15.4. The molecule has 2 heterocycles. The van der Waals surface area contributed by atoms with Crippen molar-refractivity contribution in [2.75, 3.05) is 10.6 Å². The van der Waals surface area contributed by atoms with E-state index in [1.165, 1.54) is 0 Å². The molecule has 4 aromatic rings. The molecule has 0 fully saturated rings. The van der Waals surface area contributed by atoms with Crippen LogP contribution in [0.4, 0.5) is 23.1 Å². The maximum atomic E-state index is 4.61. The molecule has 0 radical (unpaired) electrons. The van der Waals surface area contributed by atoms with Gasteiger partial charge in [-0.05, 0) is 30.7 Å². The van der Waals surface area contributed by atoms with E-state index in [4.69, 9.17) is 0 Å². The number of nitrogens with one attached hydrogen (secondary N) is 3. The molecule has 0 spiro atoms. The molecule has 0 atom stereocenters. The van der Waals surface area contributed by atoms with Crippen LogP contribution in [0, 0.1) is 6.92 Å². The first-order valence-electron chi connectivity index (χ1n) is 8.98. The minimum atomic E-state index is 0.597. The first-order chi connectivity index (χ1) is 13.7. The number of H-pyrrole nitrogens is 1. The summed E-state index contributed by atoms with van der Waals surface area (Å²) in [5.41, 5.74) is 3.02. The molecule has 28 heavy (non-hydrogen) atoms. The third kappa shape index (κ3) is 4.62. The van der Waals surface area contributed by atoms with Gasteiger partial charge in [0.1, 0.15) is 11.6 Å². The van der Waals surface area contributed by atoms with Gasteiger partial charge in [0, 0.05) is 23.5 Å². The lowest BCUT2D eigenvalue weighted by atomic mass is 10.2. The normalized spacial score (nSPS) is 10.9. The zero-order valence-electron chi connectivity index (χ0n) is 15.4. The fourth-order valence-corrected chi connectivity index (χ4v) is 2.69. The predicted octanol–water partition coefficient (Wildman–Crippen LogP) is 5.17. The second kappa shape index (κ2) is 8.18. The second-order valence-corrected chi connectivity index (χ2v) is 6.29. The van der Waals surface area contributed by atoms with Gasteiger partial charge in [0.2, 0.25) is 0 Å². The molecule has 2 aromatic carbocycles. The van der Waals surface area contributed by atoms with Gasteiger partial charge in [-0.25, -0.2) is 9.97 Å². The molecule has 0 unspecified atom stereocenters. The van der Waals surface area contributed by atoms with Crippen molar-refractivity contribution < 1.29 is 0 Å². The van der Waals surface area contributed by atoms with Crippen LogP contribution in [-0.4, -0.2) is 20.2 Å². The number of anilines is 4. The second-order valence-electron chi connectivity index (χ2n) is 6.29. The number of hydrogen-bond acceptors (Lipinski definition) is 5. The van der Waals surface area contributed by atoms with E-state index in [9.17, 15) is 0 Å². The average Bonchev–Trinajstić information content (AvgIpc) is 3.12. The molecule has 6 nitrogen and oxygen atoms in total. The van der Waals surface area contributed by atoms with Gasteiger partial charge in [0.25, 0.3) is 0 Å². The quantitative estimate of drug-likeness (QED) is 0.438. The van der Waals surface area contributed by atoms with Gasteiger partial charge in [-0.1, -0.05) is 54.6 Å². The number of nitrogens with zero attached hydrogens (tertiary/aromatic N) is 3. The molecular formula is C22H20N6. The molecule has 4 rings (SSSR count). The largest absolute Gasteiger partial charge is 0.340 e. The summed E-state index contributed by atoms with van der Waals surface area (Å²) in [5.74, 6) is 2.66. The smallest absolute Gasteiger partial charge is 0.156 e. The minimum Gasteiger partial charge on any atom is -0.340 e. The van der Waals surface area contributed by atoms with E-state index >= 15 is 0 Å². The van der Waals surface area contributed by atoms with Gasteiger partial charge in [-0.2, -0.15) is 5.10 Å². The van der Waals surface area contributed by atoms with Crippen molar-refractivity contribution in [2.24, 2.45) is 0 Å². The van der Waals surface area contributed by atoms with Crippen LogP contribution >= 0.6 is 0 Å². The summed E-state index contributed by atoms with van der Waals surface area (Å²) in [6.07, 6.45) is 3.89. The van der Waals surface area contributed by atoms with Crippen molar-refractivity contribution in [1.82, 2.24) is 20.2 Å². The summed E-state index contributed by atoms with van der Waals surface area (Å²) in [6, 6.07) is 23.8. The summed E-state index contributed by atoms with van der Waals surface area (Å²) >= 11 is 0. The van der Waals surface area contributed by atoms with Crippen LogP contribution in [0.2, 0.25) is 0 Å². The van der Waals surface area contributed by atoms with E-state index in [0.717, 1.165) is 16.9 Å². The molecule has 0 amide bonds. The van der Waals surface area contributed by atoms with Crippen molar-refractivity contribution in [3.63, 3.8) is 0 Å². The lowest BCUT2D eigenvalue weighted by molar-refractivity contribution is 1.04. The summed E-state index contributed by atoms with van der Waals surface area (Å²) in [7, 11) is 0. The van der Waals surface area contributed by atoms with Crippen LogP contribution in [0.25, 0.3) is 12.2 Å². The van der Waals surface area contributed by atoms with Crippen LogP contribution in [0.1, 0.15) is 17.1 Å². The Morgan fingerprint density at radius 1 is 0.750 bits per heavy atom. The van der Waals surface area contributed by atoms with Crippen LogP contribution in [0.5, 0.6) is 0 Å². The van der Waals surface area contributed by atoms with Crippen LogP contribution in [0.3, 0.4) is 0 Å².